The molecule has 0 saturated heterocycles. The van der Waals surface area contributed by atoms with Crippen LogP contribution in [0.3, 0.4) is 0 Å². The van der Waals surface area contributed by atoms with Crippen LogP contribution >= 0.6 is 0 Å². The predicted molar refractivity (Wildman–Crippen MR) is 53.0 cm³/mol. The van der Waals surface area contributed by atoms with Gasteiger partial charge >= 0.3 is 0 Å². The minimum atomic E-state index is 0.197. The van der Waals surface area contributed by atoms with Gasteiger partial charge in [0, 0.05) is 5.56 Å². The zero-order valence-corrected chi connectivity index (χ0v) is 8.50. The Bertz CT molecular complexity index is 257. The molecule has 2 atom stereocenters. The van der Waals surface area contributed by atoms with Crippen LogP contribution in [-0.2, 0) is 0 Å². The lowest BCUT2D eigenvalue weighted by Crippen LogP contribution is -2.32. The van der Waals surface area contributed by atoms with Crippen molar-refractivity contribution in [2.75, 3.05) is 0 Å². The van der Waals surface area contributed by atoms with E-state index in [0.717, 1.165) is 17.7 Å². The minimum Gasteiger partial charge on any atom is -0.469 e. The molecule has 1 heterocycles. The monoisotopic (exact) mass is 182 g/mol. The third-order valence-corrected chi connectivity index (χ3v) is 2.50. The summed E-state index contributed by atoms with van der Waals surface area (Å²) < 4.78 is 5.25. The molecule has 0 spiro atoms. The lowest BCUT2D eigenvalue weighted by molar-refractivity contribution is 0.379. The molecule has 2 unspecified atom stereocenters. The first-order valence-corrected chi connectivity index (χ1v) is 4.70. The Morgan fingerprint density at radius 3 is 2.69 bits per heavy atom. The van der Waals surface area contributed by atoms with Gasteiger partial charge in [0.1, 0.15) is 5.76 Å². The van der Waals surface area contributed by atoms with Crippen molar-refractivity contribution in [3.05, 3.63) is 23.7 Å². The zero-order valence-electron chi connectivity index (χ0n) is 8.50. The highest BCUT2D eigenvalue weighted by Crippen LogP contribution is 2.24. The van der Waals surface area contributed by atoms with Crippen molar-refractivity contribution >= 4 is 0 Å². The fourth-order valence-electron chi connectivity index (χ4n) is 1.45. The standard InChI is InChI=1S/C10H18N2O/c1-4-7(2)10(12-11)9-5-8(3)13-6-9/h5-7,10,12H,4,11H2,1-3H3. The second kappa shape index (κ2) is 4.44. The van der Waals surface area contributed by atoms with E-state index >= 15 is 0 Å². The number of nitrogens with two attached hydrogens (primary N) is 1. The van der Waals surface area contributed by atoms with Crippen molar-refractivity contribution in [3.63, 3.8) is 0 Å². The van der Waals surface area contributed by atoms with Gasteiger partial charge in [-0.05, 0) is 18.9 Å². The quantitative estimate of drug-likeness (QED) is 0.554. The molecule has 1 aromatic heterocycles. The van der Waals surface area contributed by atoms with E-state index in [4.69, 9.17) is 10.3 Å². The second-order valence-electron chi connectivity index (χ2n) is 3.52. The summed E-state index contributed by atoms with van der Waals surface area (Å²) in [5.74, 6) is 6.94. The van der Waals surface area contributed by atoms with E-state index < -0.39 is 0 Å². The van der Waals surface area contributed by atoms with Gasteiger partial charge in [-0.2, -0.15) is 0 Å². The highest BCUT2D eigenvalue weighted by Gasteiger charge is 2.17. The van der Waals surface area contributed by atoms with Crippen LogP contribution in [0.1, 0.15) is 37.6 Å². The van der Waals surface area contributed by atoms with Crippen molar-refractivity contribution in [2.45, 2.75) is 33.2 Å². The first kappa shape index (κ1) is 10.3. The molecule has 3 heteroatoms. The van der Waals surface area contributed by atoms with E-state index in [1.54, 1.807) is 6.26 Å². The van der Waals surface area contributed by atoms with Crippen LogP contribution in [0.25, 0.3) is 0 Å². The van der Waals surface area contributed by atoms with Gasteiger partial charge in [0.05, 0.1) is 12.3 Å². The SMILES string of the molecule is CCC(C)C(NN)c1coc(C)c1. The molecule has 0 aliphatic rings. The Hall–Kier alpha value is -0.800. The van der Waals surface area contributed by atoms with E-state index in [9.17, 15) is 0 Å². The molecule has 0 radical (unpaired) electrons. The summed E-state index contributed by atoms with van der Waals surface area (Å²) in [5.41, 5.74) is 3.96. The van der Waals surface area contributed by atoms with Gasteiger partial charge in [-0.15, -0.1) is 0 Å². The molecule has 0 aliphatic heterocycles. The number of nitrogens with one attached hydrogen (secondary N) is 1. The predicted octanol–water partition coefficient (Wildman–Crippen LogP) is 2.14. The van der Waals surface area contributed by atoms with Gasteiger partial charge in [-0.1, -0.05) is 20.3 Å². The maximum absolute atomic E-state index is 5.50. The van der Waals surface area contributed by atoms with Crippen molar-refractivity contribution < 1.29 is 4.42 Å². The Kier molecular flexibility index (Phi) is 3.51. The second-order valence-corrected chi connectivity index (χ2v) is 3.52. The Balaban J connectivity index is 2.77. The van der Waals surface area contributed by atoms with Crippen LogP contribution in [0, 0.1) is 12.8 Å². The van der Waals surface area contributed by atoms with E-state index in [2.05, 4.69) is 19.3 Å². The summed E-state index contributed by atoms with van der Waals surface area (Å²) in [6.45, 7) is 6.27. The summed E-state index contributed by atoms with van der Waals surface area (Å²) in [6.07, 6.45) is 2.87. The maximum atomic E-state index is 5.50. The van der Waals surface area contributed by atoms with Gasteiger partial charge in [0.25, 0.3) is 0 Å². The molecule has 0 saturated carbocycles. The number of hydrogen-bond donors (Lipinski definition) is 2. The largest absolute Gasteiger partial charge is 0.469 e. The van der Waals surface area contributed by atoms with Crippen LogP contribution < -0.4 is 11.3 Å². The molecule has 13 heavy (non-hydrogen) atoms. The van der Waals surface area contributed by atoms with Gasteiger partial charge < -0.3 is 4.42 Å². The fourth-order valence-corrected chi connectivity index (χ4v) is 1.45. The smallest absolute Gasteiger partial charge is 0.101 e. The molecule has 0 aromatic carbocycles. The number of rotatable bonds is 4. The van der Waals surface area contributed by atoms with Gasteiger partial charge in [0.15, 0.2) is 0 Å². The molecular formula is C10H18N2O. The molecule has 1 aromatic rings. The van der Waals surface area contributed by atoms with E-state index in [1.165, 1.54) is 0 Å². The number of furan rings is 1. The van der Waals surface area contributed by atoms with Crippen molar-refractivity contribution in [2.24, 2.45) is 11.8 Å². The molecule has 1 rings (SSSR count). The fraction of sp³-hybridized carbons (Fsp3) is 0.600. The number of aryl methyl sites for hydroxylation is 1. The molecule has 74 valence electrons. The van der Waals surface area contributed by atoms with E-state index in [0.29, 0.717) is 5.92 Å². The lowest BCUT2D eigenvalue weighted by atomic mass is 9.95. The van der Waals surface area contributed by atoms with Crippen molar-refractivity contribution in [3.8, 4) is 0 Å². The van der Waals surface area contributed by atoms with Crippen LogP contribution in [0.5, 0.6) is 0 Å². The Morgan fingerprint density at radius 2 is 2.31 bits per heavy atom. The molecule has 3 nitrogen and oxygen atoms in total. The first-order chi connectivity index (χ1) is 6.19. The van der Waals surface area contributed by atoms with Crippen LogP contribution in [0.4, 0.5) is 0 Å². The molecular weight excluding hydrogens is 164 g/mol. The number of hydrogen-bond acceptors (Lipinski definition) is 3. The summed E-state index contributed by atoms with van der Waals surface area (Å²) >= 11 is 0. The minimum absolute atomic E-state index is 0.197. The molecule has 0 fully saturated rings. The maximum Gasteiger partial charge on any atom is 0.101 e. The molecule has 0 amide bonds. The third-order valence-electron chi connectivity index (χ3n) is 2.50. The Morgan fingerprint density at radius 1 is 1.62 bits per heavy atom. The van der Waals surface area contributed by atoms with Crippen LogP contribution in [0.2, 0.25) is 0 Å². The van der Waals surface area contributed by atoms with Crippen LogP contribution in [0.15, 0.2) is 16.7 Å². The summed E-state index contributed by atoms with van der Waals surface area (Å²) in [5, 5.41) is 0. The zero-order chi connectivity index (χ0) is 9.84. The third kappa shape index (κ3) is 2.32. The highest BCUT2D eigenvalue weighted by atomic mass is 16.3. The Labute approximate surface area is 79.3 Å². The number of hydrazine groups is 1. The normalized spacial score (nSPS) is 15.7. The van der Waals surface area contributed by atoms with Crippen molar-refractivity contribution in [1.29, 1.82) is 0 Å². The van der Waals surface area contributed by atoms with Crippen LogP contribution in [-0.4, -0.2) is 0 Å². The van der Waals surface area contributed by atoms with Gasteiger partial charge in [0.2, 0.25) is 0 Å². The van der Waals surface area contributed by atoms with Gasteiger partial charge in [-0.25, -0.2) is 0 Å². The molecule has 0 aliphatic carbocycles. The van der Waals surface area contributed by atoms with E-state index in [-0.39, 0.29) is 6.04 Å². The molecule has 0 bridgehead atoms. The highest BCUT2D eigenvalue weighted by molar-refractivity contribution is 5.16. The van der Waals surface area contributed by atoms with E-state index in [1.807, 2.05) is 13.0 Å². The van der Waals surface area contributed by atoms with Crippen molar-refractivity contribution in [1.82, 2.24) is 5.43 Å². The summed E-state index contributed by atoms with van der Waals surface area (Å²) in [7, 11) is 0. The average Bonchev–Trinajstić information content (AvgIpc) is 2.53. The summed E-state index contributed by atoms with van der Waals surface area (Å²) in [6, 6.07) is 2.22. The average molecular weight is 182 g/mol. The van der Waals surface area contributed by atoms with Gasteiger partial charge in [-0.3, -0.25) is 11.3 Å². The molecule has 3 N–H and O–H groups in total. The first-order valence-electron chi connectivity index (χ1n) is 4.70. The topological polar surface area (TPSA) is 51.2 Å². The summed E-state index contributed by atoms with van der Waals surface area (Å²) in [4.78, 5) is 0. The lowest BCUT2D eigenvalue weighted by Gasteiger charge is -2.20.